The van der Waals surface area contributed by atoms with Gasteiger partial charge >= 0.3 is 0 Å². The molecule has 0 atom stereocenters. The molecule has 0 aliphatic rings. The van der Waals surface area contributed by atoms with Gasteiger partial charge in [0.15, 0.2) is 17.5 Å². The van der Waals surface area contributed by atoms with Crippen LogP contribution in [0.4, 0.5) is 0 Å². The minimum atomic E-state index is 0.625. The number of hydrogen-bond acceptors (Lipinski definition) is 3. The summed E-state index contributed by atoms with van der Waals surface area (Å²) < 4.78 is 4.66. The van der Waals surface area contributed by atoms with Crippen LogP contribution in [0.25, 0.3) is 89.2 Å². The Balaban J connectivity index is 1.26. The highest BCUT2D eigenvalue weighted by Gasteiger charge is 2.21. The number of fused-ring (bicyclic) bond motifs is 6. The molecule has 10 aromatic rings. The van der Waals surface area contributed by atoms with Gasteiger partial charge in [0, 0.05) is 49.6 Å². The molecule has 7 aromatic carbocycles. The van der Waals surface area contributed by atoms with Crippen LogP contribution >= 0.6 is 0 Å². The molecule has 0 aliphatic heterocycles. The molecule has 3 heterocycles. The van der Waals surface area contributed by atoms with E-state index < -0.39 is 0 Å². The maximum Gasteiger partial charge on any atom is 0.166 e. The van der Waals surface area contributed by atoms with Crippen molar-refractivity contribution in [1.82, 2.24) is 24.1 Å². The van der Waals surface area contributed by atoms with Crippen molar-refractivity contribution < 1.29 is 0 Å². The highest BCUT2D eigenvalue weighted by molar-refractivity contribution is 6.13. The lowest BCUT2D eigenvalue weighted by Crippen LogP contribution is -2.02. The zero-order valence-corrected chi connectivity index (χ0v) is 27.0. The van der Waals surface area contributed by atoms with E-state index in [1.54, 1.807) is 0 Å². The maximum atomic E-state index is 5.27. The molecule has 0 radical (unpaired) electrons. The third kappa shape index (κ3) is 4.45. The van der Waals surface area contributed by atoms with Crippen molar-refractivity contribution in [2.45, 2.75) is 0 Å². The summed E-state index contributed by atoms with van der Waals surface area (Å²) in [6.07, 6.45) is 0. The fourth-order valence-corrected chi connectivity index (χ4v) is 7.35. The summed E-state index contributed by atoms with van der Waals surface area (Å²) in [5.41, 5.74) is 9.47. The molecule has 10 rings (SSSR count). The minimum absolute atomic E-state index is 0.625. The van der Waals surface area contributed by atoms with E-state index in [9.17, 15) is 0 Å². The molecule has 0 bridgehead atoms. The van der Waals surface area contributed by atoms with Crippen LogP contribution in [0.1, 0.15) is 0 Å². The van der Waals surface area contributed by atoms with Gasteiger partial charge in [-0.05, 0) is 48.5 Å². The lowest BCUT2D eigenvalue weighted by atomic mass is 10.1. The van der Waals surface area contributed by atoms with E-state index in [1.165, 1.54) is 16.2 Å². The standard InChI is InChI=1S/C45H29N5/c1-4-15-30(16-5-1)43-46-44(31-27-28-36-34-21-10-12-25-39(34)49(41(36)29-31)32-17-6-2-7-18-32)48-45(47-43)38-24-14-23-37-35-22-11-13-26-40(35)50(42(37)38)33-19-8-3-9-20-33/h1-29H. The summed E-state index contributed by atoms with van der Waals surface area (Å²) >= 11 is 0. The highest BCUT2D eigenvalue weighted by Crippen LogP contribution is 2.39. The van der Waals surface area contributed by atoms with Crippen LogP contribution in [-0.2, 0) is 0 Å². The van der Waals surface area contributed by atoms with Gasteiger partial charge in [0.1, 0.15) is 0 Å². The van der Waals surface area contributed by atoms with Crippen LogP contribution in [0, 0.1) is 0 Å². The molecular formula is C45H29N5. The minimum Gasteiger partial charge on any atom is -0.309 e. The Morgan fingerprint density at radius 1 is 0.320 bits per heavy atom. The van der Waals surface area contributed by atoms with Crippen LogP contribution in [0.3, 0.4) is 0 Å². The predicted molar refractivity (Wildman–Crippen MR) is 205 cm³/mol. The first-order valence-corrected chi connectivity index (χ1v) is 16.8. The Kier molecular flexibility index (Phi) is 6.42. The second-order valence-electron chi connectivity index (χ2n) is 12.5. The number of hydrogen-bond donors (Lipinski definition) is 0. The van der Waals surface area contributed by atoms with E-state index >= 15 is 0 Å². The largest absolute Gasteiger partial charge is 0.309 e. The first-order valence-electron chi connectivity index (χ1n) is 16.8. The van der Waals surface area contributed by atoms with Gasteiger partial charge in [0.05, 0.1) is 22.1 Å². The van der Waals surface area contributed by atoms with E-state index in [0.717, 1.165) is 55.5 Å². The summed E-state index contributed by atoms with van der Waals surface area (Å²) in [6.45, 7) is 0. The summed E-state index contributed by atoms with van der Waals surface area (Å²) in [5.74, 6) is 1.89. The first-order chi connectivity index (χ1) is 24.8. The normalized spacial score (nSPS) is 11.6. The predicted octanol–water partition coefficient (Wildman–Crippen LogP) is 11.1. The van der Waals surface area contributed by atoms with Crippen molar-refractivity contribution in [1.29, 1.82) is 0 Å². The van der Waals surface area contributed by atoms with Crippen molar-refractivity contribution in [2.24, 2.45) is 0 Å². The third-order valence-corrected chi connectivity index (χ3v) is 9.56. The Labute approximate surface area is 288 Å². The summed E-state index contributed by atoms with van der Waals surface area (Å²) in [7, 11) is 0. The number of nitrogens with zero attached hydrogens (tertiary/aromatic N) is 5. The van der Waals surface area contributed by atoms with Crippen molar-refractivity contribution in [2.75, 3.05) is 0 Å². The van der Waals surface area contributed by atoms with Gasteiger partial charge < -0.3 is 9.13 Å². The van der Waals surface area contributed by atoms with E-state index in [4.69, 9.17) is 15.0 Å². The zero-order chi connectivity index (χ0) is 33.0. The van der Waals surface area contributed by atoms with Crippen molar-refractivity contribution in [3.05, 3.63) is 176 Å². The van der Waals surface area contributed by atoms with Gasteiger partial charge in [-0.15, -0.1) is 0 Å². The monoisotopic (exact) mass is 639 g/mol. The summed E-state index contributed by atoms with van der Waals surface area (Å²) in [6, 6.07) is 61.4. The smallest absolute Gasteiger partial charge is 0.166 e. The fraction of sp³-hybridized carbons (Fsp3) is 0. The van der Waals surface area contributed by atoms with Gasteiger partial charge in [0.2, 0.25) is 0 Å². The topological polar surface area (TPSA) is 48.5 Å². The molecular weight excluding hydrogens is 611 g/mol. The van der Waals surface area contributed by atoms with Crippen LogP contribution in [0.15, 0.2) is 176 Å². The molecule has 0 aliphatic carbocycles. The molecule has 0 fully saturated rings. The van der Waals surface area contributed by atoms with Crippen LogP contribution in [0.5, 0.6) is 0 Å². The average molecular weight is 640 g/mol. The fourth-order valence-electron chi connectivity index (χ4n) is 7.35. The Bertz CT molecular complexity index is 2850. The molecule has 5 heteroatoms. The second-order valence-corrected chi connectivity index (χ2v) is 12.5. The number of benzene rings is 7. The molecule has 50 heavy (non-hydrogen) atoms. The number of aromatic nitrogens is 5. The van der Waals surface area contributed by atoms with Crippen molar-refractivity contribution >= 4 is 43.6 Å². The number of para-hydroxylation sites is 5. The first kappa shape index (κ1) is 28.2. The molecule has 5 nitrogen and oxygen atoms in total. The van der Waals surface area contributed by atoms with Gasteiger partial charge in [0.25, 0.3) is 0 Å². The van der Waals surface area contributed by atoms with Crippen molar-refractivity contribution in [3.63, 3.8) is 0 Å². The summed E-state index contributed by atoms with van der Waals surface area (Å²) in [4.78, 5) is 15.6. The third-order valence-electron chi connectivity index (χ3n) is 9.56. The van der Waals surface area contributed by atoms with Gasteiger partial charge in [-0.1, -0.05) is 127 Å². The van der Waals surface area contributed by atoms with Gasteiger partial charge in [-0.3, -0.25) is 0 Å². The Morgan fingerprint density at radius 3 is 1.52 bits per heavy atom. The van der Waals surface area contributed by atoms with Crippen LogP contribution in [-0.4, -0.2) is 24.1 Å². The SMILES string of the molecule is c1ccc(-c2nc(-c3ccc4c5ccccc5n(-c5ccccc5)c4c3)nc(-c3cccc4c5ccccc5n(-c5ccccc5)c34)n2)cc1. The van der Waals surface area contributed by atoms with E-state index in [-0.39, 0.29) is 0 Å². The van der Waals surface area contributed by atoms with E-state index in [0.29, 0.717) is 17.5 Å². The average Bonchev–Trinajstić information content (AvgIpc) is 3.71. The summed E-state index contributed by atoms with van der Waals surface area (Å²) in [5, 5.41) is 4.73. The number of rotatable bonds is 5. The lowest BCUT2D eigenvalue weighted by molar-refractivity contribution is 1.07. The van der Waals surface area contributed by atoms with E-state index in [2.05, 4.69) is 167 Å². The molecule has 0 unspecified atom stereocenters. The van der Waals surface area contributed by atoms with Crippen LogP contribution < -0.4 is 0 Å². The molecule has 3 aromatic heterocycles. The molecule has 0 N–H and O–H groups in total. The maximum absolute atomic E-state index is 5.27. The van der Waals surface area contributed by atoms with Gasteiger partial charge in [-0.25, -0.2) is 15.0 Å². The molecule has 0 saturated carbocycles. The van der Waals surface area contributed by atoms with Crippen molar-refractivity contribution in [3.8, 4) is 45.5 Å². The lowest BCUT2D eigenvalue weighted by Gasteiger charge is -2.13. The molecule has 0 spiro atoms. The highest BCUT2D eigenvalue weighted by atomic mass is 15.1. The Hall–Kier alpha value is -6.85. The molecule has 0 saturated heterocycles. The molecule has 234 valence electrons. The zero-order valence-electron chi connectivity index (χ0n) is 27.0. The second kappa shape index (κ2) is 11.4. The Morgan fingerprint density at radius 2 is 0.820 bits per heavy atom. The van der Waals surface area contributed by atoms with Gasteiger partial charge in [-0.2, -0.15) is 0 Å². The van der Waals surface area contributed by atoms with Crippen LogP contribution in [0.2, 0.25) is 0 Å². The van der Waals surface area contributed by atoms with E-state index in [1.807, 2.05) is 18.2 Å². The molecule has 0 amide bonds. The quantitative estimate of drug-likeness (QED) is 0.188.